The van der Waals surface area contributed by atoms with Gasteiger partial charge in [0.2, 0.25) is 0 Å². The molecule has 1 aliphatic carbocycles. The largest absolute Gasteiger partial charge is 0.313 e. The topological polar surface area (TPSA) is 12.0 Å². The number of hydrogen-bond acceptors (Lipinski definition) is 1. The Bertz CT molecular complexity index is 146. The van der Waals surface area contributed by atoms with Gasteiger partial charge in [-0.25, -0.2) is 0 Å². The summed E-state index contributed by atoms with van der Waals surface area (Å²) in [5.74, 6) is 1.04. The van der Waals surface area contributed by atoms with Crippen molar-refractivity contribution in [1.29, 1.82) is 0 Å². The van der Waals surface area contributed by atoms with Crippen LogP contribution >= 0.6 is 23.2 Å². The molecule has 1 saturated heterocycles. The molecule has 0 bridgehead atoms. The fourth-order valence-corrected chi connectivity index (χ4v) is 2.78. The molecule has 2 rings (SSSR count). The molecule has 9 heavy (non-hydrogen) atoms. The van der Waals surface area contributed by atoms with Crippen molar-refractivity contribution in [3.8, 4) is 0 Å². The van der Waals surface area contributed by atoms with Gasteiger partial charge in [-0.2, -0.15) is 0 Å². The molecule has 0 unspecified atom stereocenters. The molecule has 3 atom stereocenters. The van der Waals surface area contributed by atoms with Crippen LogP contribution in [-0.2, 0) is 0 Å². The minimum atomic E-state index is -0.384. The Hall–Kier alpha value is 0.540. The molecular formula is C6H9Cl2N. The molecule has 1 nitrogen and oxygen atoms in total. The van der Waals surface area contributed by atoms with Crippen LogP contribution < -0.4 is 5.32 Å². The summed E-state index contributed by atoms with van der Waals surface area (Å²) >= 11 is 11.9. The van der Waals surface area contributed by atoms with Gasteiger partial charge in [0.25, 0.3) is 0 Å². The molecule has 0 aromatic carbocycles. The van der Waals surface area contributed by atoms with E-state index in [0.29, 0.717) is 17.9 Å². The fourth-order valence-electron chi connectivity index (χ4n) is 1.80. The number of halogens is 2. The average molecular weight is 166 g/mol. The van der Waals surface area contributed by atoms with Gasteiger partial charge < -0.3 is 5.32 Å². The minimum absolute atomic E-state index is 0.384. The molecule has 1 heterocycles. The van der Waals surface area contributed by atoms with Gasteiger partial charge in [-0.15, -0.1) is 23.2 Å². The summed E-state index contributed by atoms with van der Waals surface area (Å²) in [7, 11) is 0. The summed E-state index contributed by atoms with van der Waals surface area (Å²) in [5.41, 5.74) is 0. The van der Waals surface area contributed by atoms with Crippen LogP contribution in [0.2, 0.25) is 0 Å². The van der Waals surface area contributed by atoms with Gasteiger partial charge in [0.1, 0.15) is 4.33 Å². The quantitative estimate of drug-likeness (QED) is 0.536. The summed E-state index contributed by atoms with van der Waals surface area (Å²) in [6, 6.07) is 0.519. The van der Waals surface area contributed by atoms with E-state index < -0.39 is 0 Å². The number of rotatable bonds is 0. The average Bonchev–Trinajstić information content (AvgIpc) is 2.19. The lowest BCUT2D eigenvalue weighted by Crippen LogP contribution is -2.27. The van der Waals surface area contributed by atoms with Crippen molar-refractivity contribution in [1.82, 2.24) is 5.32 Å². The summed E-state index contributed by atoms with van der Waals surface area (Å²) in [4.78, 5) is 0. The zero-order chi connectivity index (χ0) is 6.65. The molecule has 1 aliphatic heterocycles. The molecule has 0 amide bonds. The van der Waals surface area contributed by atoms with Crippen molar-refractivity contribution in [2.24, 2.45) is 11.8 Å². The number of fused-ring (bicyclic) bond motifs is 1. The first kappa shape index (κ1) is 6.26. The first-order chi connectivity index (χ1) is 4.14. The molecule has 1 N–H and O–H groups in total. The number of nitrogens with one attached hydrogen (secondary N) is 1. The highest BCUT2D eigenvalue weighted by Crippen LogP contribution is 2.62. The molecule has 2 aliphatic rings. The van der Waals surface area contributed by atoms with Crippen LogP contribution in [0.25, 0.3) is 0 Å². The minimum Gasteiger partial charge on any atom is -0.313 e. The Kier molecular flexibility index (Phi) is 1.10. The smallest absolute Gasteiger partial charge is 0.127 e. The Morgan fingerprint density at radius 2 is 2.22 bits per heavy atom. The predicted molar refractivity (Wildman–Crippen MR) is 38.9 cm³/mol. The summed E-state index contributed by atoms with van der Waals surface area (Å²) in [5, 5.41) is 3.31. The molecule has 0 radical (unpaired) electrons. The van der Waals surface area contributed by atoms with Crippen LogP contribution in [0.1, 0.15) is 6.92 Å². The Labute approximate surface area is 64.7 Å². The standard InChI is InChI=1S/C6H9Cl2N/c1-3-5-4(2-9-3)6(5,7)8/h3-5,9H,2H2,1H3/t3-,4+,5-/m1/s1. The predicted octanol–water partition coefficient (Wildman–Crippen LogP) is 1.40. The van der Waals surface area contributed by atoms with Gasteiger partial charge in [-0.1, -0.05) is 0 Å². The molecule has 1 saturated carbocycles. The lowest BCUT2D eigenvalue weighted by Gasteiger charge is -2.10. The van der Waals surface area contributed by atoms with Gasteiger partial charge in [0.05, 0.1) is 0 Å². The van der Waals surface area contributed by atoms with E-state index in [-0.39, 0.29) is 4.33 Å². The van der Waals surface area contributed by atoms with Crippen LogP contribution in [0.15, 0.2) is 0 Å². The summed E-state index contributed by atoms with van der Waals surface area (Å²) < 4.78 is -0.384. The van der Waals surface area contributed by atoms with Crippen LogP contribution in [0.3, 0.4) is 0 Å². The van der Waals surface area contributed by atoms with E-state index in [4.69, 9.17) is 23.2 Å². The summed E-state index contributed by atoms with van der Waals surface area (Å²) in [6.45, 7) is 3.13. The third-order valence-corrected chi connectivity index (χ3v) is 3.53. The van der Waals surface area contributed by atoms with Crippen molar-refractivity contribution < 1.29 is 0 Å². The van der Waals surface area contributed by atoms with Gasteiger partial charge in [-0.05, 0) is 6.92 Å². The molecule has 0 spiro atoms. The first-order valence-corrected chi connectivity index (χ1v) is 4.01. The normalized spacial score (nSPS) is 53.0. The molecule has 2 fully saturated rings. The zero-order valence-electron chi connectivity index (χ0n) is 5.20. The molecule has 52 valence electrons. The van der Waals surface area contributed by atoms with E-state index in [1.807, 2.05) is 0 Å². The Balaban J connectivity index is 2.14. The van der Waals surface area contributed by atoms with E-state index in [2.05, 4.69) is 12.2 Å². The molecule has 0 aromatic rings. The lowest BCUT2D eigenvalue weighted by molar-refractivity contribution is 0.569. The van der Waals surface area contributed by atoms with Gasteiger partial charge in [-0.3, -0.25) is 0 Å². The molecular weight excluding hydrogens is 157 g/mol. The maximum absolute atomic E-state index is 5.93. The van der Waals surface area contributed by atoms with Crippen LogP contribution in [-0.4, -0.2) is 16.9 Å². The first-order valence-electron chi connectivity index (χ1n) is 3.25. The second kappa shape index (κ2) is 1.58. The van der Waals surface area contributed by atoms with Crippen molar-refractivity contribution in [3.05, 3.63) is 0 Å². The number of alkyl halides is 2. The van der Waals surface area contributed by atoms with Crippen molar-refractivity contribution in [3.63, 3.8) is 0 Å². The van der Waals surface area contributed by atoms with Gasteiger partial charge >= 0.3 is 0 Å². The van der Waals surface area contributed by atoms with Gasteiger partial charge in [0, 0.05) is 24.4 Å². The second-order valence-corrected chi connectivity index (χ2v) is 4.45. The fraction of sp³-hybridized carbons (Fsp3) is 1.00. The SMILES string of the molecule is C[C@H]1NC[C@H]2[C@@H]1C2(Cl)Cl. The van der Waals surface area contributed by atoms with Crippen LogP contribution in [0.4, 0.5) is 0 Å². The highest BCUT2D eigenvalue weighted by Gasteiger charge is 2.67. The maximum atomic E-state index is 5.93. The Morgan fingerprint density at radius 3 is 2.44 bits per heavy atom. The zero-order valence-corrected chi connectivity index (χ0v) is 6.71. The molecule has 0 aromatic heterocycles. The molecule has 3 heteroatoms. The summed E-state index contributed by atoms with van der Waals surface area (Å²) in [6.07, 6.45) is 0. The number of piperidine rings is 1. The van der Waals surface area contributed by atoms with Crippen LogP contribution in [0, 0.1) is 11.8 Å². The van der Waals surface area contributed by atoms with E-state index in [1.165, 1.54) is 0 Å². The van der Waals surface area contributed by atoms with Crippen molar-refractivity contribution in [2.75, 3.05) is 6.54 Å². The second-order valence-electron chi connectivity index (χ2n) is 3.00. The monoisotopic (exact) mass is 165 g/mol. The highest BCUT2D eigenvalue weighted by molar-refractivity contribution is 6.51. The van der Waals surface area contributed by atoms with Crippen molar-refractivity contribution >= 4 is 23.2 Å². The van der Waals surface area contributed by atoms with E-state index >= 15 is 0 Å². The Morgan fingerprint density at radius 1 is 1.56 bits per heavy atom. The highest BCUT2D eigenvalue weighted by atomic mass is 35.5. The third kappa shape index (κ3) is 0.659. The van der Waals surface area contributed by atoms with Gasteiger partial charge in [0.15, 0.2) is 0 Å². The maximum Gasteiger partial charge on any atom is 0.127 e. The van der Waals surface area contributed by atoms with Crippen molar-refractivity contribution in [2.45, 2.75) is 17.3 Å². The van der Waals surface area contributed by atoms with E-state index in [0.717, 1.165) is 6.54 Å². The van der Waals surface area contributed by atoms with E-state index in [1.54, 1.807) is 0 Å². The van der Waals surface area contributed by atoms with Crippen LogP contribution in [0.5, 0.6) is 0 Å². The van der Waals surface area contributed by atoms with E-state index in [9.17, 15) is 0 Å². The number of hydrogen-bond donors (Lipinski definition) is 1. The lowest BCUT2D eigenvalue weighted by atomic mass is 10.2. The third-order valence-electron chi connectivity index (χ3n) is 2.46.